The Balaban J connectivity index is 1.58. The van der Waals surface area contributed by atoms with Crippen LogP contribution in [-0.4, -0.2) is 71.3 Å². The van der Waals surface area contributed by atoms with Crippen molar-refractivity contribution in [2.75, 3.05) is 32.3 Å². The highest BCUT2D eigenvalue weighted by Crippen LogP contribution is 2.38. The lowest BCUT2D eigenvalue weighted by Gasteiger charge is -2.40. The Morgan fingerprint density at radius 1 is 1.26 bits per heavy atom. The Morgan fingerprint density at radius 3 is 2.69 bits per heavy atom. The highest BCUT2D eigenvalue weighted by Gasteiger charge is 2.31. The van der Waals surface area contributed by atoms with Gasteiger partial charge in [0.1, 0.15) is 11.8 Å². The summed E-state index contributed by atoms with van der Waals surface area (Å²) in [6.07, 6.45) is 6.23. The molecule has 1 aliphatic heterocycles. The van der Waals surface area contributed by atoms with Crippen molar-refractivity contribution in [1.29, 1.82) is 0 Å². The van der Waals surface area contributed by atoms with Crippen LogP contribution in [0.5, 0.6) is 5.75 Å². The first-order chi connectivity index (χ1) is 18.9. The number of aliphatic carboxylic acids is 1. The van der Waals surface area contributed by atoms with Crippen LogP contribution in [-0.2, 0) is 16.1 Å². The van der Waals surface area contributed by atoms with E-state index in [2.05, 4.69) is 34.3 Å². The number of likely N-dealkylation sites (tertiary alicyclic amines) is 1. The fraction of sp³-hybridized carbons (Fsp3) is 0.467. The predicted octanol–water partition coefficient (Wildman–Crippen LogP) is 5.16. The molecule has 210 valence electrons. The molecule has 0 radical (unpaired) electrons. The van der Waals surface area contributed by atoms with Gasteiger partial charge in [0, 0.05) is 54.0 Å². The minimum Gasteiger partial charge on any atom is -0.496 e. The zero-order valence-electron chi connectivity index (χ0n) is 23.2. The summed E-state index contributed by atoms with van der Waals surface area (Å²) >= 11 is 1.56. The predicted molar refractivity (Wildman–Crippen MR) is 156 cm³/mol. The number of fused-ring (bicyclic) bond motifs is 1. The summed E-state index contributed by atoms with van der Waals surface area (Å²) < 4.78 is 11.8. The summed E-state index contributed by atoms with van der Waals surface area (Å²) in [7, 11) is 1.72. The molecule has 1 aliphatic rings. The van der Waals surface area contributed by atoms with Crippen LogP contribution in [0.2, 0.25) is 0 Å². The third-order valence-electron chi connectivity index (χ3n) is 7.53. The lowest BCUT2D eigenvalue weighted by molar-refractivity contribution is -0.139. The molecule has 0 spiro atoms. The van der Waals surface area contributed by atoms with Gasteiger partial charge in [-0.25, -0.2) is 4.79 Å². The van der Waals surface area contributed by atoms with Crippen molar-refractivity contribution in [1.82, 2.24) is 15.2 Å². The van der Waals surface area contributed by atoms with Crippen molar-refractivity contribution in [3.63, 3.8) is 0 Å². The van der Waals surface area contributed by atoms with E-state index in [1.165, 1.54) is 5.39 Å². The SMILES string of the molecule is CCO[C@H]1CCN(Cc2c(OC)cc(C)c3[nH]ccc23)[C@H](c2ccc(C(=O)N[C@@H](CCSC)C(=O)O)cc2)C1. The first kappa shape index (κ1) is 29.0. The third kappa shape index (κ3) is 6.77. The molecule has 1 amide bonds. The van der Waals surface area contributed by atoms with Gasteiger partial charge in [-0.05, 0) is 80.5 Å². The van der Waals surface area contributed by atoms with Gasteiger partial charge in [0.2, 0.25) is 0 Å². The number of carboxylic acids is 1. The summed E-state index contributed by atoms with van der Waals surface area (Å²) in [5.41, 5.74) is 4.98. The van der Waals surface area contributed by atoms with Gasteiger partial charge in [-0.3, -0.25) is 9.69 Å². The second kappa shape index (κ2) is 13.4. The normalized spacial score (nSPS) is 18.7. The van der Waals surface area contributed by atoms with Crippen LogP contribution in [0.4, 0.5) is 0 Å². The van der Waals surface area contributed by atoms with Crippen LogP contribution in [0.15, 0.2) is 42.6 Å². The number of carboxylic acid groups (broad SMARTS) is 1. The maximum absolute atomic E-state index is 12.8. The molecule has 4 rings (SSSR count). The van der Waals surface area contributed by atoms with E-state index in [0.717, 1.165) is 53.9 Å². The summed E-state index contributed by atoms with van der Waals surface area (Å²) in [5.74, 6) is 0.154. The first-order valence-electron chi connectivity index (χ1n) is 13.5. The number of rotatable bonds is 12. The fourth-order valence-electron chi connectivity index (χ4n) is 5.48. The van der Waals surface area contributed by atoms with E-state index < -0.39 is 12.0 Å². The molecule has 3 N–H and O–H groups in total. The number of aryl methyl sites for hydroxylation is 1. The van der Waals surface area contributed by atoms with Crippen molar-refractivity contribution in [2.45, 2.75) is 57.8 Å². The van der Waals surface area contributed by atoms with Crippen LogP contribution in [0.3, 0.4) is 0 Å². The largest absolute Gasteiger partial charge is 0.496 e. The second-order valence-electron chi connectivity index (χ2n) is 10.00. The highest BCUT2D eigenvalue weighted by atomic mass is 32.2. The average molecular weight is 554 g/mol. The minimum absolute atomic E-state index is 0.0979. The maximum atomic E-state index is 12.8. The van der Waals surface area contributed by atoms with Gasteiger partial charge in [-0.15, -0.1) is 0 Å². The molecule has 0 bridgehead atoms. The fourth-order valence-corrected chi connectivity index (χ4v) is 5.95. The number of benzene rings is 2. The number of H-pyrrole nitrogens is 1. The number of aromatic amines is 1. The number of thioether (sulfide) groups is 1. The first-order valence-corrected chi connectivity index (χ1v) is 14.9. The molecule has 3 atom stereocenters. The van der Waals surface area contributed by atoms with E-state index in [1.807, 2.05) is 31.5 Å². The second-order valence-corrected chi connectivity index (χ2v) is 11.0. The molecule has 1 fully saturated rings. The lowest BCUT2D eigenvalue weighted by Crippen LogP contribution is -2.41. The maximum Gasteiger partial charge on any atom is 0.326 e. The quantitative estimate of drug-likeness (QED) is 0.285. The molecule has 1 aromatic heterocycles. The number of amides is 1. The van der Waals surface area contributed by atoms with Crippen LogP contribution in [0.25, 0.3) is 10.9 Å². The van der Waals surface area contributed by atoms with Gasteiger partial charge in [0.15, 0.2) is 0 Å². The Hall–Kier alpha value is -3.01. The van der Waals surface area contributed by atoms with Crippen LogP contribution < -0.4 is 10.1 Å². The molecule has 1 saturated heterocycles. The topological polar surface area (TPSA) is 104 Å². The Morgan fingerprint density at radius 2 is 2.03 bits per heavy atom. The molecule has 3 aromatic rings. The summed E-state index contributed by atoms with van der Waals surface area (Å²) in [6, 6.07) is 10.9. The zero-order chi connectivity index (χ0) is 27.9. The van der Waals surface area contributed by atoms with Gasteiger partial charge in [0.05, 0.1) is 13.2 Å². The molecule has 0 unspecified atom stereocenters. The van der Waals surface area contributed by atoms with Crippen molar-refractivity contribution in [3.05, 3.63) is 64.8 Å². The number of piperidine rings is 1. The summed E-state index contributed by atoms with van der Waals surface area (Å²) in [5, 5.41) is 13.3. The summed E-state index contributed by atoms with van der Waals surface area (Å²) in [6.45, 7) is 6.38. The third-order valence-corrected chi connectivity index (χ3v) is 8.18. The van der Waals surface area contributed by atoms with Gasteiger partial charge in [-0.1, -0.05) is 12.1 Å². The molecule has 9 heteroatoms. The van der Waals surface area contributed by atoms with E-state index in [9.17, 15) is 14.7 Å². The number of carbonyl (C=O) groups excluding carboxylic acids is 1. The van der Waals surface area contributed by atoms with Crippen LogP contribution in [0.1, 0.15) is 59.3 Å². The van der Waals surface area contributed by atoms with E-state index in [1.54, 1.807) is 31.0 Å². The van der Waals surface area contributed by atoms with Crippen molar-refractivity contribution in [3.8, 4) is 5.75 Å². The van der Waals surface area contributed by atoms with Gasteiger partial charge < -0.3 is 24.9 Å². The standard InChI is InChI=1S/C30H39N3O5S/c1-5-38-22-11-14-33(18-24-23-10-13-31-28(23)19(2)16-27(24)37-3)26(17-22)20-6-8-21(9-7-20)29(34)32-25(30(35)36)12-15-39-4/h6-10,13,16,22,25-26,31H,5,11-12,14-15,17-18H2,1-4H3,(H,32,34)(H,35,36)/t22-,25-,26-/m0/s1. The number of ether oxygens (including phenoxy) is 2. The highest BCUT2D eigenvalue weighted by molar-refractivity contribution is 7.98. The van der Waals surface area contributed by atoms with E-state index in [0.29, 0.717) is 24.3 Å². The van der Waals surface area contributed by atoms with Crippen molar-refractivity contribution < 1.29 is 24.2 Å². The van der Waals surface area contributed by atoms with Crippen LogP contribution >= 0.6 is 11.8 Å². The van der Waals surface area contributed by atoms with E-state index >= 15 is 0 Å². The molecule has 2 aromatic carbocycles. The molecule has 39 heavy (non-hydrogen) atoms. The van der Waals surface area contributed by atoms with Gasteiger partial charge in [-0.2, -0.15) is 11.8 Å². The lowest BCUT2D eigenvalue weighted by atomic mass is 9.91. The number of carbonyl (C=O) groups is 2. The van der Waals surface area contributed by atoms with Crippen molar-refractivity contribution in [2.24, 2.45) is 0 Å². The van der Waals surface area contributed by atoms with Gasteiger partial charge in [0.25, 0.3) is 5.91 Å². The number of aromatic nitrogens is 1. The number of hydrogen-bond acceptors (Lipinski definition) is 6. The molecular formula is C30H39N3O5S. The average Bonchev–Trinajstić information content (AvgIpc) is 3.44. The monoisotopic (exact) mass is 553 g/mol. The molecule has 0 aliphatic carbocycles. The Bertz CT molecular complexity index is 1280. The Labute approximate surface area is 234 Å². The number of nitrogens with zero attached hydrogens (tertiary/aromatic N) is 1. The number of methoxy groups -OCH3 is 1. The minimum atomic E-state index is -1.02. The van der Waals surface area contributed by atoms with E-state index in [4.69, 9.17) is 9.47 Å². The van der Waals surface area contributed by atoms with Crippen molar-refractivity contribution >= 4 is 34.5 Å². The number of hydrogen-bond donors (Lipinski definition) is 3. The van der Waals surface area contributed by atoms with Gasteiger partial charge >= 0.3 is 5.97 Å². The summed E-state index contributed by atoms with van der Waals surface area (Å²) in [4.78, 5) is 30.2. The van der Waals surface area contributed by atoms with Crippen LogP contribution in [0, 0.1) is 6.92 Å². The molecule has 8 nitrogen and oxygen atoms in total. The number of nitrogens with one attached hydrogen (secondary N) is 2. The molecule has 0 saturated carbocycles. The molecular weight excluding hydrogens is 514 g/mol. The Kier molecular flexibility index (Phi) is 9.94. The van der Waals surface area contributed by atoms with E-state index in [-0.39, 0.29) is 18.1 Å². The zero-order valence-corrected chi connectivity index (χ0v) is 24.0. The molecule has 2 heterocycles. The smallest absolute Gasteiger partial charge is 0.326 e.